The van der Waals surface area contributed by atoms with Gasteiger partial charge >= 0.3 is 0 Å². The van der Waals surface area contributed by atoms with Gasteiger partial charge < -0.3 is 15.9 Å². The lowest BCUT2D eigenvalue weighted by molar-refractivity contribution is -0.382. The van der Waals surface area contributed by atoms with E-state index in [1.807, 2.05) is 0 Å². The summed E-state index contributed by atoms with van der Waals surface area (Å²) in [7, 11) is 0. The number of aliphatic hydroxyl groups is 2. The van der Waals surface area contributed by atoms with Crippen molar-refractivity contribution >= 4 is 5.91 Å². The molecule has 0 aromatic rings. The van der Waals surface area contributed by atoms with Gasteiger partial charge in [-0.15, -0.1) is 0 Å². The van der Waals surface area contributed by atoms with E-state index in [1.165, 1.54) is 6.92 Å². The Kier molecular flexibility index (Phi) is 7.25. The number of carbonyl (C=O) groups is 1. The molecule has 1 amide bonds. The summed E-state index contributed by atoms with van der Waals surface area (Å²) in [6.07, 6.45) is 0. The molecule has 0 spiro atoms. The molecule has 0 saturated heterocycles. The van der Waals surface area contributed by atoms with Gasteiger partial charge in [-0.25, -0.2) is 0 Å². The van der Waals surface area contributed by atoms with E-state index < -0.39 is 11.9 Å². The molecule has 0 rings (SSSR count). The molecular formula is C7H16N2O5. The Morgan fingerprint density at radius 3 is 2.07 bits per heavy atom. The van der Waals surface area contributed by atoms with Crippen LogP contribution in [-0.4, -0.2) is 53.8 Å². The Morgan fingerprint density at radius 1 is 1.36 bits per heavy atom. The van der Waals surface area contributed by atoms with Gasteiger partial charge in [-0.1, -0.05) is 5.23 Å². The number of hydrogen-bond acceptors (Lipinski definition) is 6. The molecule has 1 atom stereocenters. The Morgan fingerprint density at radius 2 is 1.79 bits per heavy atom. The third-order valence-corrected chi connectivity index (χ3v) is 1.35. The maximum Gasteiger partial charge on any atom is 0.239 e. The van der Waals surface area contributed by atoms with Gasteiger partial charge in [0, 0.05) is 0 Å². The molecular weight excluding hydrogens is 192 g/mol. The minimum absolute atomic E-state index is 0.0109. The van der Waals surface area contributed by atoms with Crippen molar-refractivity contribution in [2.75, 3.05) is 26.4 Å². The van der Waals surface area contributed by atoms with E-state index in [4.69, 9.17) is 25.6 Å². The van der Waals surface area contributed by atoms with E-state index >= 15 is 0 Å². The van der Waals surface area contributed by atoms with E-state index in [1.54, 1.807) is 0 Å². The van der Waals surface area contributed by atoms with Gasteiger partial charge in [0.15, 0.2) is 0 Å². The van der Waals surface area contributed by atoms with Crippen molar-refractivity contribution in [2.45, 2.75) is 13.0 Å². The molecule has 84 valence electrons. The molecule has 7 nitrogen and oxygen atoms in total. The minimum Gasteiger partial charge on any atom is -0.394 e. The van der Waals surface area contributed by atoms with Crippen LogP contribution in [0.5, 0.6) is 0 Å². The Labute approximate surface area is 81.9 Å². The highest BCUT2D eigenvalue weighted by molar-refractivity contribution is 5.78. The van der Waals surface area contributed by atoms with Gasteiger partial charge in [-0.3, -0.25) is 14.5 Å². The molecule has 7 heteroatoms. The van der Waals surface area contributed by atoms with Crippen molar-refractivity contribution in [1.29, 1.82) is 0 Å². The third-order valence-electron chi connectivity index (χ3n) is 1.35. The fourth-order valence-corrected chi connectivity index (χ4v) is 0.626. The zero-order valence-corrected chi connectivity index (χ0v) is 8.05. The van der Waals surface area contributed by atoms with Gasteiger partial charge in [-0.05, 0) is 6.92 Å². The summed E-state index contributed by atoms with van der Waals surface area (Å²) in [5, 5.41) is 17.8. The summed E-state index contributed by atoms with van der Waals surface area (Å²) in [5.74, 6) is -0.624. The highest BCUT2D eigenvalue weighted by Gasteiger charge is 2.20. The highest BCUT2D eigenvalue weighted by atomic mass is 17.0. The van der Waals surface area contributed by atoms with Crippen LogP contribution in [0.25, 0.3) is 0 Å². The molecule has 0 radical (unpaired) electrons. The van der Waals surface area contributed by atoms with E-state index in [0.717, 1.165) is 5.23 Å². The van der Waals surface area contributed by atoms with Crippen LogP contribution >= 0.6 is 0 Å². The summed E-state index contributed by atoms with van der Waals surface area (Å²) in [6, 6.07) is -0.784. The van der Waals surface area contributed by atoms with Gasteiger partial charge in [-0.2, -0.15) is 0 Å². The van der Waals surface area contributed by atoms with Gasteiger partial charge in [0.1, 0.15) is 6.04 Å². The number of nitrogens with two attached hydrogens (primary N) is 1. The largest absolute Gasteiger partial charge is 0.394 e. The van der Waals surface area contributed by atoms with Crippen LogP contribution in [0, 0.1) is 0 Å². The fourth-order valence-electron chi connectivity index (χ4n) is 0.626. The number of primary amides is 1. The Hall–Kier alpha value is -0.730. The van der Waals surface area contributed by atoms with Crippen molar-refractivity contribution in [3.8, 4) is 0 Å². The molecule has 0 bridgehead atoms. The van der Waals surface area contributed by atoms with Crippen LogP contribution in [0.4, 0.5) is 0 Å². The monoisotopic (exact) mass is 208 g/mol. The van der Waals surface area contributed by atoms with Crippen molar-refractivity contribution in [3.63, 3.8) is 0 Å². The molecule has 4 N–H and O–H groups in total. The van der Waals surface area contributed by atoms with Crippen molar-refractivity contribution in [3.05, 3.63) is 0 Å². The number of nitrogens with zero attached hydrogens (tertiary/aromatic N) is 1. The Balaban J connectivity index is 4.01. The number of amides is 1. The van der Waals surface area contributed by atoms with Crippen LogP contribution in [-0.2, 0) is 14.5 Å². The molecule has 0 aromatic carbocycles. The first-order chi connectivity index (χ1) is 6.63. The van der Waals surface area contributed by atoms with Gasteiger partial charge in [0.2, 0.25) is 5.91 Å². The molecule has 0 aliphatic carbocycles. The molecule has 0 aromatic heterocycles. The zero-order chi connectivity index (χ0) is 11.0. The number of carbonyl (C=O) groups excluding carboxylic acids is 1. The number of aliphatic hydroxyl groups excluding tert-OH is 2. The maximum absolute atomic E-state index is 10.8. The van der Waals surface area contributed by atoms with Gasteiger partial charge in [0.05, 0.1) is 26.4 Å². The van der Waals surface area contributed by atoms with E-state index in [-0.39, 0.29) is 26.4 Å². The molecule has 14 heavy (non-hydrogen) atoms. The molecule has 1 unspecified atom stereocenters. The second-order valence-corrected chi connectivity index (χ2v) is 2.48. The number of hydrogen-bond donors (Lipinski definition) is 3. The van der Waals surface area contributed by atoms with Crippen LogP contribution in [0.2, 0.25) is 0 Å². The SMILES string of the molecule is CC(C(N)=O)N(OCCO)OCCO. The lowest BCUT2D eigenvalue weighted by Gasteiger charge is -2.24. The predicted octanol–water partition coefficient (Wildman–Crippen LogP) is -1.99. The first-order valence-electron chi connectivity index (χ1n) is 4.19. The smallest absolute Gasteiger partial charge is 0.239 e. The second kappa shape index (κ2) is 7.65. The minimum atomic E-state index is -0.784. The van der Waals surface area contributed by atoms with Crippen molar-refractivity contribution in [1.82, 2.24) is 5.23 Å². The standard InChI is InChI=1S/C7H16N2O5/c1-6(7(8)12)9(13-4-2-10)14-5-3-11/h6,10-11H,2-5H2,1H3,(H2,8,12). The predicted molar refractivity (Wildman–Crippen MR) is 46.6 cm³/mol. The highest BCUT2D eigenvalue weighted by Crippen LogP contribution is 2.00. The molecule has 0 heterocycles. The average Bonchev–Trinajstić information content (AvgIpc) is 2.17. The first-order valence-corrected chi connectivity index (χ1v) is 4.19. The van der Waals surface area contributed by atoms with Crippen LogP contribution < -0.4 is 5.73 Å². The molecule has 0 aliphatic heterocycles. The summed E-state index contributed by atoms with van der Waals surface area (Å²) in [4.78, 5) is 20.5. The zero-order valence-electron chi connectivity index (χ0n) is 8.05. The summed E-state index contributed by atoms with van der Waals surface area (Å²) in [5.41, 5.74) is 5.01. The van der Waals surface area contributed by atoms with Crippen molar-refractivity contribution in [2.24, 2.45) is 5.73 Å². The molecule has 0 aliphatic rings. The van der Waals surface area contributed by atoms with Crippen LogP contribution in [0.1, 0.15) is 6.92 Å². The maximum atomic E-state index is 10.8. The first kappa shape index (κ1) is 13.3. The molecule has 0 saturated carbocycles. The lowest BCUT2D eigenvalue weighted by atomic mass is 10.3. The lowest BCUT2D eigenvalue weighted by Crippen LogP contribution is -2.43. The van der Waals surface area contributed by atoms with E-state index in [2.05, 4.69) is 0 Å². The van der Waals surface area contributed by atoms with Crippen LogP contribution in [0.15, 0.2) is 0 Å². The van der Waals surface area contributed by atoms with Crippen LogP contribution in [0.3, 0.4) is 0 Å². The summed E-state index contributed by atoms with van der Waals surface area (Å²) in [6.45, 7) is 1.05. The van der Waals surface area contributed by atoms with E-state index in [9.17, 15) is 4.79 Å². The number of hydroxylamine groups is 2. The molecule has 0 fully saturated rings. The normalized spacial score (nSPS) is 13.1. The quantitative estimate of drug-likeness (QED) is 0.399. The average molecular weight is 208 g/mol. The van der Waals surface area contributed by atoms with Crippen molar-refractivity contribution < 1.29 is 24.7 Å². The summed E-state index contributed by atoms with van der Waals surface area (Å²) < 4.78 is 0. The second-order valence-electron chi connectivity index (χ2n) is 2.48. The van der Waals surface area contributed by atoms with E-state index in [0.29, 0.717) is 0 Å². The fraction of sp³-hybridized carbons (Fsp3) is 0.857. The summed E-state index contributed by atoms with van der Waals surface area (Å²) >= 11 is 0. The van der Waals surface area contributed by atoms with Gasteiger partial charge in [0.25, 0.3) is 0 Å². The Bertz CT molecular complexity index is 158. The third kappa shape index (κ3) is 5.10. The topological polar surface area (TPSA) is 105 Å². The number of rotatable bonds is 8.